The van der Waals surface area contributed by atoms with Crippen LogP contribution in [-0.4, -0.2) is 42.4 Å². The Morgan fingerprint density at radius 2 is 1.64 bits per heavy atom. The predicted molar refractivity (Wildman–Crippen MR) is 142 cm³/mol. The Bertz CT molecular complexity index is 1260. The molecule has 10 heteroatoms. The van der Waals surface area contributed by atoms with Gasteiger partial charge in [0.1, 0.15) is 18.1 Å². The molecule has 0 saturated carbocycles. The van der Waals surface area contributed by atoms with E-state index in [1.807, 2.05) is 24.3 Å². The number of nitrogens with one attached hydrogen (secondary N) is 1. The number of pyridine rings is 1. The molecule has 0 amide bonds. The maximum atomic E-state index is 13.6. The van der Waals surface area contributed by atoms with E-state index in [0.29, 0.717) is 17.3 Å². The van der Waals surface area contributed by atoms with E-state index in [1.54, 1.807) is 30.3 Å². The topological polar surface area (TPSA) is 109 Å². The zero-order valence-corrected chi connectivity index (χ0v) is 22.4. The fourth-order valence-corrected chi connectivity index (χ4v) is 4.85. The average Bonchev–Trinajstić information content (AvgIpc) is 2.82. The van der Waals surface area contributed by atoms with Crippen LogP contribution in [-0.2, 0) is 33.3 Å². The van der Waals surface area contributed by atoms with Crippen molar-refractivity contribution in [1.29, 1.82) is 0 Å². The molecule has 0 aliphatic carbocycles. The number of carbonyl (C=O) groups is 1. The Hall–Kier alpha value is -3.14. The van der Waals surface area contributed by atoms with Gasteiger partial charge in [-0.25, -0.2) is 13.4 Å². The van der Waals surface area contributed by atoms with Gasteiger partial charge in [0.2, 0.25) is 10.0 Å². The van der Waals surface area contributed by atoms with E-state index < -0.39 is 16.0 Å². The second-order valence-corrected chi connectivity index (χ2v) is 11.1. The lowest BCUT2D eigenvalue weighted by Gasteiger charge is -2.24. The smallest absolute Gasteiger partial charge is 0.322 e. The van der Waals surface area contributed by atoms with Gasteiger partial charge in [-0.3, -0.25) is 4.79 Å². The number of benzene rings is 2. The van der Waals surface area contributed by atoms with Crippen molar-refractivity contribution >= 4 is 34.2 Å². The van der Waals surface area contributed by atoms with E-state index in [2.05, 4.69) is 31.1 Å². The molecule has 8 nitrogen and oxygen atoms in total. The molecule has 1 aromatic heterocycles. The zero-order valence-electron chi connectivity index (χ0n) is 20.8. The summed E-state index contributed by atoms with van der Waals surface area (Å²) in [5.74, 6) is -0.0898. The zero-order chi connectivity index (χ0) is 25.6. The van der Waals surface area contributed by atoms with Crippen LogP contribution in [0.4, 0.5) is 5.82 Å². The third kappa shape index (κ3) is 7.68. The fraction of sp³-hybridized carbons (Fsp3) is 0.308. The molecule has 0 bridgehead atoms. The Labute approximate surface area is 218 Å². The number of hydrogen-bond donors (Lipinski definition) is 2. The lowest BCUT2D eigenvalue weighted by molar-refractivity contribution is -0.134. The van der Waals surface area contributed by atoms with E-state index in [0.717, 1.165) is 11.1 Å². The number of methoxy groups -OCH3 is 1. The second kappa shape index (κ2) is 12.2. The van der Waals surface area contributed by atoms with Gasteiger partial charge >= 0.3 is 5.97 Å². The number of anilines is 1. The number of sulfonamides is 1. The molecule has 0 saturated heterocycles. The summed E-state index contributed by atoms with van der Waals surface area (Å²) in [5, 5.41) is 11.6. The van der Waals surface area contributed by atoms with Gasteiger partial charge in [0.05, 0.1) is 24.2 Å². The van der Waals surface area contributed by atoms with Gasteiger partial charge in [-0.1, -0.05) is 51.1 Å². The summed E-state index contributed by atoms with van der Waals surface area (Å²) in [4.78, 5) is 15.4. The van der Waals surface area contributed by atoms with Crippen LogP contribution in [0.5, 0.6) is 5.75 Å². The first-order valence-electron chi connectivity index (χ1n) is 11.1. The molecule has 2 N–H and O–H groups in total. The molecule has 2 aromatic carbocycles. The summed E-state index contributed by atoms with van der Waals surface area (Å²) in [5.41, 5.74) is 2.48. The molecule has 0 aliphatic rings. The van der Waals surface area contributed by atoms with Gasteiger partial charge in [0, 0.05) is 6.54 Å². The van der Waals surface area contributed by atoms with Crippen molar-refractivity contribution in [1.82, 2.24) is 9.29 Å². The predicted octanol–water partition coefficient (Wildman–Crippen LogP) is 4.70. The number of rotatable bonds is 10. The maximum absolute atomic E-state index is 13.6. The van der Waals surface area contributed by atoms with Crippen LogP contribution in [0.2, 0.25) is 0 Å². The van der Waals surface area contributed by atoms with Crippen molar-refractivity contribution in [2.75, 3.05) is 19.0 Å². The number of nitrogens with zero attached hydrogens (tertiary/aromatic N) is 2. The van der Waals surface area contributed by atoms with E-state index in [4.69, 9.17) is 9.84 Å². The molecular weight excluding hydrogens is 502 g/mol. The second-order valence-electron chi connectivity index (χ2n) is 9.16. The third-order valence-corrected chi connectivity index (χ3v) is 7.25. The fourth-order valence-electron chi connectivity index (χ4n) is 3.45. The molecule has 0 unspecified atom stereocenters. The first-order valence-corrected chi connectivity index (χ1v) is 12.6. The molecule has 1 heterocycles. The number of aromatic nitrogens is 1. The molecule has 0 spiro atoms. The molecular formula is C26H32ClN3O5S. The molecule has 3 aromatic rings. The van der Waals surface area contributed by atoms with E-state index in [1.165, 1.54) is 23.5 Å². The van der Waals surface area contributed by atoms with Gasteiger partial charge in [-0.05, 0) is 52.9 Å². The van der Waals surface area contributed by atoms with Crippen LogP contribution in [0, 0.1) is 0 Å². The van der Waals surface area contributed by atoms with Crippen LogP contribution >= 0.6 is 12.4 Å². The van der Waals surface area contributed by atoms with Gasteiger partial charge in [0.15, 0.2) is 0 Å². The molecule has 0 aliphatic heterocycles. The summed E-state index contributed by atoms with van der Waals surface area (Å²) in [6.07, 6.45) is 0. The van der Waals surface area contributed by atoms with Gasteiger partial charge < -0.3 is 15.2 Å². The van der Waals surface area contributed by atoms with Crippen LogP contribution in [0.3, 0.4) is 0 Å². The van der Waals surface area contributed by atoms with Crippen molar-refractivity contribution < 1.29 is 23.1 Å². The standard InChI is InChI=1S/C26H31N3O5S.ClH/c1-26(2,3)20-10-8-19(9-11-20)17-29(35(32,33)23-14-12-22(34-4)13-15-23)18-21-6-5-7-24(28-21)27-16-25(30)31;/h5-15H,16-18H2,1-4H3,(H,27,28)(H,30,31);1H. The highest BCUT2D eigenvalue weighted by atomic mass is 35.5. The summed E-state index contributed by atoms with van der Waals surface area (Å²) in [6, 6.07) is 19.2. The molecule has 3 rings (SSSR count). The Morgan fingerprint density at radius 1 is 1.00 bits per heavy atom. The van der Waals surface area contributed by atoms with Crippen molar-refractivity contribution in [2.45, 2.75) is 44.2 Å². The van der Waals surface area contributed by atoms with Crippen molar-refractivity contribution in [3.8, 4) is 5.75 Å². The lowest BCUT2D eigenvalue weighted by Crippen LogP contribution is -2.30. The Morgan fingerprint density at radius 3 is 2.19 bits per heavy atom. The number of carboxylic acid groups (broad SMARTS) is 1. The summed E-state index contributed by atoms with van der Waals surface area (Å²) in [7, 11) is -2.35. The Kier molecular flexibility index (Phi) is 9.86. The number of carboxylic acids is 1. The lowest BCUT2D eigenvalue weighted by atomic mass is 9.87. The first-order chi connectivity index (χ1) is 16.5. The monoisotopic (exact) mass is 533 g/mol. The van der Waals surface area contributed by atoms with Gasteiger partial charge in [0.25, 0.3) is 0 Å². The molecule has 36 heavy (non-hydrogen) atoms. The van der Waals surface area contributed by atoms with E-state index in [-0.39, 0.29) is 42.4 Å². The summed E-state index contributed by atoms with van der Waals surface area (Å²) >= 11 is 0. The Balaban J connectivity index is 0.00000456. The van der Waals surface area contributed by atoms with Crippen LogP contribution < -0.4 is 10.1 Å². The van der Waals surface area contributed by atoms with Crippen LogP contribution in [0.1, 0.15) is 37.6 Å². The molecule has 0 atom stereocenters. The van der Waals surface area contributed by atoms with Gasteiger partial charge in [-0.15, -0.1) is 12.4 Å². The largest absolute Gasteiger partial charge is 0.497 e. The van der Waals surface area contributed by atoms with Crippen LogP contribution in [0.25, 0.3) is 0 Å². The minimum absolute atomic E-state index is 0. The van der Waals surface area contributed by atoms with Gasteiger partial charge in [-0.2, -0.15) is 4.31 Å². The number of ether oxygens (including phenoxy) is 1. The highest BCUT2D eigenvalue weighted by Crippen LogP contribution is 2.26. The minimum atomic E-state index is -3.88. The summed E-state index contributed by atoms with van der Waals surface area (Å²) < 4.78 is 33.8. The van der Waals surface area contributed by atoms with E-state index in [9.17, 15) is 13.2 Å². The molecule has 194 valence electrons. The van der Waals surface area contributed by atoms with Crippen LogP contribution in [0.15, 0.2) is 71.6 Å². The number of hydrogen-bond acceptors (Lipinski definition) is 6. The first kappa shape index (κ1) is 29.1. The molecule has 0 radical (unpaired) electrons. The molecule has 0 fully saturated rings. The average molecular weight is 534 g/mol. The van der Waals surface area contributed by atoms with E-state index >= 15 is 0 Å². The third-order valence-electron chi connectivity index (χ3n) is 5.44. The number of aliphatic carboxylic acids is 1. The highest BCUT2D eigenvalue weighted by molar-refractivity contribution is 7.89. The SMILES string of the molecule is COc1ccc(S(=O)(=O)N(Cc2ccc(C(C)(C)C)cc2)Cc2cccc(NCC(=O)O)n2)cc1.Cl. The summed E-state index contributed by atoms with van der Waals surface area (Å²) in [6.45, 7) is 6.24. The minimum Gasteiger partial charge on any atom is -0.497 e. The van der Waals surface area contributed by atoms with Crippen molar-refractivity contribution in [2.24, 2.45) is 0 Å². The number of halogens is 1. The normalized spacial score (nSPS) is 11.6. The van der Waals surface area contributed by atoms with Crippen molar-refractivity contribution in [3.05, 3.63) is 83.6 Å². The van der Waals surface area contributed by atoms with Crippen molar-refractivity contribution in [3.63, 3.8) is 0 Å². The maximum Gasteiger partial charge on any atom is 0.322 e. The quantitative estimate of drug-likeness (QED) is 0.389. The highest BCUT2D eigenvalue weighted by Gasteiger charge is 2.26.